The number of nitrogens with one attached hydrogen (secondary N) is 2. The standard InChI is InChI=1S/C18H27N3O5/c22-14(19-13-6-1-2-7-13)12-26-15(23)8-5-11-21-16(24)18(20-17(21)25)9-3-4-10-18/h13H,1-12H2,(H,19,22)(H,20,25). The summed E-state index contributed by atoms with van der Waals surface area (Å²) >= 11 is 0. The minimum atomic E-state index is -0.712. The lowest BCUT2D eigenvalue weighted by atomic mass is 9.98. The summed E-state index contributed by atoms with van der Waals surface area (Å²) in [6.45, 7) is -0.0859. The Labute approximate surface area is 153 Å². The number of esters is 1. The second-order valence-electron chi connectivity index (χ2n) is 7.49. The van der Waals surface area contributed by atoms with Crippen LogP contribution in [0.25, 0.3) is 0 Å². The van der Waals surface area contributed by atoms with Crippen LogP contribution in [-0.2, 0) is 19.1 Å². The summed E-state index contributed by atoms with van der Waals surface area (Å²) in [6, 6.07) is -0.176. The topological polar surface area (TPSA) is 105 Å². The molecular weight excluding hydrogens is 338 g/mol. The summed E-state index contributed by atoms with van der Waals surface area (Å²) in [6.07, 6.45) is 7.85. The molecule has 0 aromatic heterocycles. The number of carbonyl (C=O) groups excluding carboxylic acids is 4. The fraction of sp³-hybridized carbons (Fsp3) is 0.778. The Bertz CT molecular complexity index is 579. The van der Waals surface area contributed by atoms with Gasteiger partial charge in [0, 0.05) is 19.0 Å². The summed E-state index contributed by atoms with van der Waals surface area (Å²) in [5, 5.41) is 5.66. The number of carbonyl (C=O) groups is 4. The average Bonchev–Trinajstić information content (AvgIpc) is 3.32. The van der Waals surface area contributed by atoms with E-state index in [1.165, 1.54) is 4.90 Å². The second-order valence-corrected chi connectivity index (χ2v) is 7.49. The van der Waals surface area contributed by atoms with E-state index in [1.54, 1.807) is 0 Å². The molecule has 2 N–H and O–H groups in total. The van der Waals surface area contributed by atoms with Crippen LogP contribution in [0, 0.1) is 0 Å². The molecule has 8 heteroatoms. The molecule has 26 heavy (non-hydrogen) atoms. The average molecular weight is 365 g/mol. The number of nitrogens with zero attached hydrogens (tertiary/aromatic N) is 1. The van der Waals surface area contributed by atoms with Gasteiger partial charge in [0.05, 0.1) is 0 Å². The van der Waals surface area contributed by atoms with Gasteiger partial charge in [-0.25, -0.2) is 4.79 Å². The van der Waals surface area contributed by atoms with Gasteiger partial charge in [-0.15, -0.1) is 0 Å². The van der Waals surface area contributed by atoms with Gasteiger partial charge in [0.25, 0.3) is 11.8 Å². The molecule has 0 radical (unpaired) electrons. The van der Waals surface area contributed by atoms with Gasteiger partial charge in [-0.2, -0.15) is 0 Å². The number of hydrogen-bond acceptors (Lipinski definition) is 5. The third-order valence-electron chi connectivity index (χ3n) is 5.55. The highest BCUT2D eigenvalue weighted by molar-refractivity contribution is 6.07. The molecule has 2 aliphatic carbocycles. The molecule has 144 valence electrons. The van der Waals surface area contributed by atoms with Gasteiger partial charge in [0.15, 0.2) is 6.61 Å². The number of rotatable bonds is 7. The summed E-state index contributed by atoms with van der Waals surface area (Å²) in [4.78, 5) is 49.2. The zero-order chi connectivity index (χ0) is 18.6. The van der Waals surface area contributed by atoms with Crippen LogP contribution < -0.4 is 10.6 Å². The second kappa shape index (κ2) is 8.05. The highest BCUT2D eigenvalue weighted by atomic mass is 16.5. The first-order valence-electron chi connectivity index (χ1n) is 9.59. The molecule has 0 unspecified atom stereocenters. The normalized spacial score (nSPS) is 22.1. The highest BCUT2D eigenvalue weighted by Gasteiger charge is 2.52. The molecular formula is C18H27N3O5. The van der Waals surface area contributed by atoms with Crippen molar-refractivity contribution in [3.63, 3.8) is 0 Å². The van der Waals surface area contributed by atoms with Gasteiger partial charge in [-0.3, -0.25) is 19.3 Å². The number of urea groups is 1. The Morgan fingerprint density at radius 3 is 2.54 bits per heavy atom. The van der Waals surface area contributed by atoms with E-state index in [9.17, 15) is 19.2 Å². The Morgan fingerprint density at radius 1 is 1.15 bits per heavy atom. The van der Waals surface area contributed by atoms with Crippen LogP contribution >= 0.6 is 0 Å². The molecule has 0 bridgehead atoms. The molecule has 1 spiro atoms. The number of imide groups is 1. The van der Waals surface area contributed by atoms with Crippen molar-refractivity contribution in [3.8, 4) is 0 Å². The molecule has 1 aliphatic heterocycles. The van der Waals surface area contributed by atoms with Gasteiger partial charge in [0.1, 0.15) is 5.54 Å². The Hall–Kier alpha value is -2.12. The lowest BCUT2D eigenvalue weighted by Crippen LogP contribution is -2.44. The quantitative estimate of drug-likeness (QED) is 0.522. The lowest BCUT2D eigenvalue weighted by molar-refractivity contribution is -0.149. The molecule has 1 saturated heterocycles. The van der Waals surface area contributed by atoms with E-state index in [1.807, 2.05) is 0 Å². The Morgan fingerprint density at radius 2 is 1.85 bits per heavy atom. The van der Waals surface area contributed by atoms with Crippen molar-refractivity contribution in [1.82, 2.24) is 15.5 Å². The maximum Gasteiger partial charge on any atom is 0.325 e. The van der Waals surface area contributed by atoms with E-state index in [0.29, 0.717) is 19.3 Å². The SMILES string of the molecule is O=C(COC(=O)CCCN1C(=O)NC2(CCCC2)C1=O)NC1CCCC1. The minimum Gasteiger partial charge on any atom is -0.456 e. The number of ether oxygens (including phenoxy) is 1. The molecule has 4 amide bonds. The fourth-order valence-electron chi connectivity index (χ4n) is 4.14. The van der Waals surface area contributed by atoms with Crippen LogP contribution in [0.15, 0.2) is 0 Å². The van der Waals surface area contributed by atoms with Crippen molar-refractivity contribution in [2.75, 3.05) is 13.2 Å². The van der Waals surface area contributed by atoms with Crippen LogP contribution in [0.5, 0.6) is 0 Å². The number of hydrogen-bond donors (Lipinski definition) is 2. The Kier molecular flexibility index (Phi) is 5.78. The summed E-state index contributed by atoms with van der Waals surface area (Å²) in [5.74, 6) is -0.943. The third kappa shape index (κ3) is 4.16. The predicted octanol–water partition coefficient (Wildman–Crippen LogP) is 1.23. The van der Waals surface area contributed by atoms with Crippen molar-refractivity contribution >= 4 is 23.8 Å². The monoisotopic (exact) mass is 365 g/mol. The van der Waals surface area contributed by atoms with Crippen LogP contribution in [0.2, 0.25) is 0 Å². The molecule has 2 saturated carbocycles. The molecule has 0 aromatic rings. The van der Waals surface area contributed by atoms with Crippen molar-refractivity contribution in [2.24, 2.45) is 0 Å². The smallest absolute Gasteiger partial charge is 0.325 e. The van der Waals surface area contributed by atoms with Crippen molar-refractivity contribution in [3.05, 3.63) is 0 Å². The van der Waals surface area contributed by atoms with Crippen LogP contribution in [0.3, 0.4) is 0 Å². The first kappa shape index (κ1) is 18.7. The maximum atomic E-state index is 12.5. The van der Waals surface area contributed by atoms with Gasteiger partial charge in [-0.05, 0) is 32.1 Å². The summed E-state index contributed by atoms with van der Waals surface area (Å²) < 4.78 is 4.97. The van der Waals surface area contributed by atoms with E-state index >= 15 is 0 Å². The molecule has 1 heterocycles. The van der Waals surface area contributed by atoms with Crippen molar-refractivity contribution < 1.29 is 23.9 Å². The zero-order valence-electron chi connectivity index (χ0n) is 15.1. The van der Waals surface area contributed by atoms with E-state index < -0.39 is 11.5 Å². The van der Waals surface area contributed by atoms with Crippen molar-refractivity contribution in [2.45, 2.75) is 75.8 Å². The van der Waals surface area contributed by atoms with E-state index in [0.717, 1.165) is 38.5 Å². The molecule has 0 atom stereocenters. The van der Waals surface area contributed by atoms with Crippen LogP contribution in [0.1, 0.15) is 64.2 Å². The lowest BCUT2D eigenvalue weighted by Gasteiger charge is -2.19. The Balaban J connectivity index is 1.34. The highest BCUT2D eigenvalue weighted by Crippen LogP contribution is 2.35. The third-order valence-corrected chi connectivity index (χ3v) is 5.55. The van der Waals surface area contributed by atoms with Gasteiger partial charge < -0.3 is 15.4 Å². The van der Waals surface area contributed by atoms with Crippen molar-refractivity contribution in [1.29, 1.82) is 0 Å². The minimum absolute atomic E-state index is 0.0702. The van der Waals surface area contributed by atoms with E-state index in [-0.39, 0.29) is 43.5 Å². The predicted molar refractivity (Wildman–Crippen MR) is 92.0 cm³/mol. The molecule has 0 aromatic carbocycles. The fourth-order valence-corrected chi connectivity index (χ4v) is 4.14. The van der Waals surface area contributed by atoms with Crippen LogP contribution in [0.4, 0.5) is 4.79 Å². The van der Waals surface area contributed by atoms with Gasteiger partial charge in [-0.1, -0.05) is 25.7 Å². The van der Waals surface area contributed by atoms with Gasteiger partial charge >= 0.3 is 12.0 Å². The molecule has 3 fully saturated rings. The number of amides is 4. The van der Waals surface area contributed by atoms with E-state index in [4.69, 9.17) is 4.74 Å². The van der Waals surface area contributed by atoms with E-state index in [2.05, 4.69) is 10.6 Å². The zero-order valence-corrected chi connectivity index (χ0v) is 15.1. The first-order chi connectivity index (χ1) is 12.5. The summed E-state index contributed by atoms with van der Waals surface area (Å²) in [7, 11) is 0. The molecule has 3 rings (SSSR count). The van der Waals surface area contributed by atoms with Gasteiger partial charge in [0.2, 0.25) is 0 Å². The summed E-state index contributed by atoms with van der Waals surface area (Å²) in [5.41, 5.74) is -0.712. The molecule has 8 nitrogen and oxygen atoms in total. The largest absolute Gasteiger partial charge is 0.456 e. The maximum absolute atomic E-state index is 12.5. The molecule has 3 aliphatic rings. The first-order valence-corrected chi connectivity index (χ1v) is 9.59. The van der Waals surface area contributed by atoms with Crippen LogP contribution in [-0.4, -0.2) is 53.4 Å².